The summed E-state index contributed by atoms with van der Waals surface area (Å²) >= 11 is 6.27. The normalized spacial score (nSPS) is 11.3. The number of nitrogens with one attached hydrogen (secondary N) is 1. The number of carbonyl (C=O) groups is 2. The number of rotatable bonds is 5. The molecule has 13 heteroatoms. The maximum atomic E-state index is 14.4. The molecule has 0 fully saturated rings. The highest BCUT2D eigenvalue weighted by Gasteiger charge is 2.24. The third kappa shape index (κ3) is 5.60. The number of hydrogen-bond donors (Lipinski definition) is 1. The zero-order valence-corrected chi connectivity index (χ0v) is 21.6. The molecular weight excluding hydrogens is 517 g/mol. The Hall–Kier alpha value is -3.64. The number of benzene rings is 2. The van der Waals surface area contributed by atoms with E-state index in [2.05, 4.69) is 0 Å². The number of carbonyl (C=O) groups excluding carboxylic acids is 2. The molecule has 3 rings (SSSR count). The van der Waals surface area contributed by atoms with Gasteiger partial charge in [-0.3, -0.25) is 0 Å². The van der Waals surface area contributed by atoms with Crippen LogP contribution in [0.2, 0.25) is 5.02 Å². The van der Waals surface area contributed by atoms with Crippen molar-refractivity contribution in [3.8, 4) is 5.75 Å². The Morgan fingerprint density at radius 3 is 2.39 bits per heavy atom. The summed E-state index contributed by atoms with van der Waals surface area (Å²) in [6, 6.07) is 5.16. The van der Waals surface area contributed by atoms with Crippen molar-refractivity contribution in [3.63, 3.8) is 0 Å². The number of sulfonamides is 1. The lowest BCUT2D eigenvalue weighted by molar-refractivity contribution is 0.172. The second kappa shape index (κ2) is 10.2. The van der Waals surface area contributed by atoms with E-state index in [0.717, 1.165) is 17.0 Å². The molecule has 2 aromatic carbocycles. The van der Waals surface area contributed by atoms with Crippen LogP contribution in [-0.4, -0.2) is 58.5 Å². The predicted molar refractivity (Wildman–Crippen MR) is 131 cm³/mol. The summed E-state index contributed by atoms with van der Waals surface area (Å²) in [7, 11) is 1.15. The van der Waals surface area contributed by atoms with E-state index >= 15 is 0 Å². The Morgan fingerprint density at radius 1 is 1.11 bits per heavy atom. The third-order valence-corrected chi connectivity index (χ3v) is 6.83. The van der Waals surface area contributed by atoms with Crippen molar-refractivity contribution >= 4 is 44.7 Å². The zero-order chi connectivity index (χ0) is 26.9. The van der Waals surface area contributed by atoms with Crippen LogP contribution in [0, 0.1) is 12.7 Å². The van der Waals surface area contributed by atoms with Gasteiger partial charge in [0.2, 0.25) is 0 Å². The average Bonchev–Trinajstić information content (AvgIpc) is 2.78. The first kappa shape index (κ1) is 27.0. The number of aryl methyl sites for hydroxylation is 1. The number of fused-ring (bicyclic) bond motifs is 1. The monoisotopic (exact) mass is 539 g/mol. The van der Waals surface area contributed by atoms with E-state index in [0.29, 0.717) is 10.9 Å². The van der Waals surface area contributed by atoms with Gasteiger partial charge >= 0.3 is 17.7 Å². The van der Waals surface area contributed by atoms with Crippen molar-refractivity contribution in [1.82, 2.24) is 14.5 Å². The van der Waals surface area contributed by atoms with Gasteiger partial charge in [0.05, 0.1) is 5.02 Å². The molecule has 0 aliphatic rings. The number of amides is 3. The van der Waals surface area contributed by atoms with Gasteiger partial charge in [0.25, 0.3) is 10.0 Å². The maximum Gasteiger partial charge on any atom is 0.414 e. The van der Waals surface area contributed by atoms with E-state index in [1.54, 1.807) is 11.6 Å². The van der Waals surface area contributed by atoms with Gasteiger partial charge in [0.1, 0.15) is 16.3 Å². The summed E-state index contributed by atoms with van der Waals surface area (Å²) in [6.45, 7) is 1.65. The number of urea groups is 1. The van der Waals surface area contributed by atoms with Crippen LogP contribution >= 0.6 is 11.6 Å². The minimum absolute atomic E-state index is 0.00585. The fourth-order valence-electron chi connectivity index (χ4n) is 3.19. The lowest BCUT2D eigenvalue weighted by Crippen LogP contribution is -2.38. The topological polar surface area (TPSA) is 126 Å². The van der Waals surface area contributed by atoms with Gasteiger partial charge in [-0.05, 0) is 36.2 Å². The van der Waals surface area contributed by atoms with E-state index in [1.165, 1.54) is 51.3 Å². The Morgan fingerprint density at radius 2 is 1.78 bits per heavy atom. The van der Waals surface area contributed by atoms with Gasteiger partial charge in [-0.25, -0.2) is 31.9 Å². The molecule has 0 unspecified atom stereocenters. The summed E-state index contributed by atoms with van der Waals surface area (Å²) in [5, 5.41) is 0.569. The summed E-state index contributed by atoms with van der Waals surface area (Å²) in [4.78, 5) is 37.9. The summed E-state index contributed by atoms with van der Waals surface area (Å²) < 4.78 is 51.8. The minimum Gasteiger partial charge on any atom is -0.422 e. The molecule has 1 aromatic heterocycles. The smallest absolute Gasteiger partial charge is 0.414 e. The van der Waals surface area contributed by atoms with Crippen LogP contribution in [0.1, 0.15) is 16.7 Å². The Bertz CT molecular complexity index is 1530. The molecule has 0 saturated heterocycles. The molecule has 0 radical (unpaired) electrons. The highest BCUT2D eigenvalue weighted by atomic mass is 35.5. The van der Waals surface area contributed by atoms with Gasteiger partial charge in [-0.2, -0.15) is 0 Å². The van der Waals surface area contributed by atoms with Gasteiger partial charge in [-0.1, -0.05) is 17.7 Å². The van der Waals surface area contributed by atoms with Crippen LogP contribution in [0.25, 0.3) is 11.0 Å². The molecule has 1 N–H and O–H groups in total. The van der Waals surface area contributed by atoms with E-state index in [4.69, 9.17) is 20.8 Å². The van der Waals surface area contributed by atoms with Gasteiger partial charge in [0.15, 0.2) is 5.75 Å². The molecular formula is C23H23ClFN3O7S. The molecule has 36 heavy (non-hydrogen) atoms. The fourth-order valence-corrected chi connectivity index (χ4v) is 4.54. The molecule has 0 atom stereocenters. The number of nitrogens with zero attached hydrogens (tertiary/aromatic N) is 2. The number of ether oxygens (including phenoxy) is 1. The molecule has 0 bridgehead atoms. The molecule has 3 amide bonds. The van der Waals surface area contributed by atoms with Gasteiger partial charge in [-0.15, -0.1) is 0 Å². The van der Waals surface area contributed by atoms with Crippen molar-refractivity contribution in [3.05, 3.63) is 68.3 Å². The Kier molecular flexibility index (Phi) is 7.60. The Balaban J connectivity index is 2.02. The van der Waals surface area contributed by atoms with Crippen molar-refractivity contribution in [2.75, 3.05) is 28.2 Å². The number of hydrogen-bond acceptors (Lipinski definition) is 7. The first-order chi connectivity index (χ1) is 16.7. The lowest BCUT2D eigenvalue weighted by atomic mass is 9.99. The van der Waals surface area contributed by atoms with Crippen molar-refractivity contribution in [2.45, 2.75) is 18.2 Å². The minimum atomic E-state index is -4.51. The molecule has 0 saturated carbocycles. The second-order valence-electron chi connectivity index (χ2n) is 8.28. The summed E-state index contributed by atoms with van der Waals surface area (Å²) in [5.74, 6) is -1.06. The summed E-state index contributed by atoms with van der Waals surface area (Å²) in [6.07, 6.45) is -0.764. The van der Waals surface area contributed by atoms with Gasteiger partial charge in [0, 0.05) is 51.6 Å². The van der Waals surface area contributed by atoms with Crippen molar-refractivity contribution < 1.29 is 31.6 Å². The Labute approximate surface area is 211 Å². The van der Waals surface area contributed by atoms with Crippen LogP contribution < -0.4 is 15.1 Å². The van der Waals surface area contributed by atoms with E-state index in [9.17, 15) is 27.2 Å². The first-order valence-electron chi connectivity index (χ1n) is 10.4. The van der Waals surface area contributed by atoms with Crippen LogP contribution in [0.3, 0.4) is 0 Å². The second-order valence-corrected chi connectivity index (χ2v) is 10.3. The largest absolute Gasteiger partial charge is 0.422 e. The fraction of sp³-hybridized carbons (Fsp3) is 0.261. The highest BCUT2D eigenvalue weighted by molar-refractivity contribution is 7.90. The van der Waals surface area contributed by atoms with Crippen LogP contribution in [0.5, 0.6) is 5.75 Å². The van der Waals surface area contributed by atoms with E-state index in [-0.39, 0.29) is 33.9 Å². The summed E-state index contributed by atoms with van der Waals surface area (Å²) in [5.41, 5.74) is 0.362. The van der Waals surface area contributed by atoms with E-state index in [1.807, 2.05) is 0 Å². The lowest BCUT2D eigenvalue weighted by Gasteiger charge is -2.14. The van der Waals surface area contributed by atoms with Crippen molar-refractivity contribution in [1.29, 1.82) is 0 Å². The maximum absolute atomic E-state index is 14.4. The molecule has 0 aliphatic heterocycles. The van der Waals surface area contributed by atoms with Crippen LogP contribution in [0.4, 0.5) is 14.0 Å². The highest BCUT2D eigenvalue weighted by Crippen LogP contribution is 2.32. The first-order valence-corrected chi connectivity index (χ1v) is 12.2. The SMILES string of the molecule is Cc1c(Cc2ccc(F)c(S(=O)(=O)NC(=O)N(C)C)c2)c(=O)oc2cc(OC(=O)N(C)C)c(Cl)cc12. The third-order valence-electron chi connectivity index (χ3n) is 5.20. The quantitative estimate of drug-likeness (QED) is 0.492. The van der Waals surface area contributed by atoms with Crippen LogP contribution in [0.15, 0.2) is 44.4 Å². The molecule has 192 valence electrons. The molecule has 0 spiro atoms. The zero-order valence-electron chi connectivity index (χ0n) is 20.0. The van der Waals surface area contributed by atoms with E-state index < -0.39 is 38.5 Å². The molecule has 0 aliphatic carbocycles. The molecule has 1 heterocycles. The molecule has 3 aromatic rings. The van der Waals surface area contributed by atoms with Crippen molar-refractivity contribution in [2.24, 2.45) is 0 Å². The standard InChI is InChI=1S/C23H23ClFN3O7S/c1-12-14-10-16(24)19(35-23(31)28(4)5)11-18(14)34-21(29)15(12)8-13-6-7-17(25)20(9-13)36(32,33)26-22(30)27(2)3/h6-7,9-11H,8H2,1-5H3,(H,26,30). The number of halogens is 2. The van der Waals surface area contributed by atoms with Crippen LogP contribution in [-0.2, 0) is 16.4 Å². The average molecular weight is 540 g/mol. The molecule has 10 nitrogen and oxygen atoms in total. The van der Waals surface area contributed by atoms with Gasteiger partial charge < -0.3 is 19.0 Å². The predicted octanol–water partition coefficient (Wildman–Crippen LogP) is 3.51.